The van der Waals surface area contributed by atoms with Crippen molar-refractivity contribution in [1.29, 1.82) is 0 Å². The summed E-state index contributed by atoms with van der Waals surface area (Å²) in [5, 5.41) is 10.2. The summed E-state index contributed by atoms with van der Waals surface area (Å²) in [6.07, 6.45) is 2.09. The van der Waals surface area contributed by atoms with E-state index in [1.54, 1.807) is 25.7 Å². The van der Waals surface area contributed by atoms with Crippen LogP contribution in [-0.2, 0) is 13.1 Å². The number of benzene rings is 1. The third kappa shape index (κ3) is 6.02. The highest BCUT2D eigenvalue weighted by Gasteiger charge is 2.06. The number of thioether (sulfide) groups is 1. The summed E-state index contributed by atoms with van der Waals surface area (Å²) < 4.78 is 5.06. The van der Waals surface area contributed by atoms with E-state index in [1.807, 2.05) is 0 Å². The molecule has 1 aromatic heterocycles. The zero-order chi connectivity index (χ0) is 15.9. The number of guanidine groups is 1. The van der Waals surface area contributed by atoms with Gasteiger partial charge in [-0.25, -0.2) is 0 Å². The van der Waals surface area contributed by atoms with E-state index < -0.39 is 0 Å². The monoisotopic (exact) mass is 447 g/mol. The van der Waals surface area contributed by atoms with Crippen molar-refractivity contribution in [2.75, 3.05) is 13.3 Å². The predicted octanol–water partition coefficient (Wildman–Crippen LogP) is 2.89. The predicted molar refractivity (Wildman–Crippen MR) is 104 cm³/mol. The van der Waals surface area contributed by atoms with E-state index in [9.17, 15) is 0 Å². The number of nitrogens with one attached hydrogen (secondary N) is 2. The molecule has 2 rings (SSSR count). The van der Waals surface area contributed by atoms with Gasteiger partial charge in [0.2, 0.25) is 5.89 Å². The van der Waals surface area contributed by atoms with Crippen LogP contribution in [-0.4, -0.2) is 29.4 Å². The minimum Gasteiger partial charge on any atom is -0.352 e. The molecule has 0 aliphatic carbocycles. The van der Waals surface area contributed by atoms with Crippen molar-refractivity contribution in [3.05, 3.63) is 41.0 Å². The molecule has 0 fully saturated rings. The Balaban J connectivity index is 0.00000264. The maximum atomic E-state index is 5.06. The minimum absolute atomic E-state index is 0. The third-order valence-electron chi connectivity index (χ3n) is 3.09. The lowest BCUT2D eigenvalue weighted by Gasteiger charge is -2.13. The fourth-order valence-corrected chi connectivity index (χ4v) is 2.67. The summed E-state index contributed by atoms with van der Waals surface area (Å²) in [6, 6.07) is 6.45. The van der Waals surface area contributed by atoms with Gasteiger partial charge >= 0.3 is 0 Å². The van der Waals surface area contributed by atoms with Crippen LogP contribution in [0.4, 0.5) is 0 Å². The van der Waals surface area contributed by atoms with Gasteiger partial charge < -0.3 is 15.2 Å². The van der Waals surface area contributed by atoms with Crippen molar-refractivity contribution >= 4 is 41.7 Å². The minimum atomic E-state index is 0. The largest absolute Gasteiger partial charge is 0.352 e. The molecule has 2 N–H and O–H groups in total. The Morgan fingerprint density at radius 2 is 2.00 bits per heavy atom. The van der Waals surface area contributed by atoms with E-state index in [4.69, 9.17) is 4.52 Å². The van der Waals surface area contributed by atoms with E-state index in [0.717, 1.165) is 0 Å². The van der Waals surface area contributed by atoms with Crippen LogP contribution in [0, 0.1) is 13.8 Å². The van der Waals surface area contributed by atoms with Gasteiger partial charge in [-0.15, -0.1) is 35.7 Å². The van der Waals surface area contributed by atoms with Crippen LogP contribution in [0.1, 0.15) is 22.8 Å². The molecule has 0 saturated carbocycles. The van der Waals surface area contributed by atoms with Crippen molar-refractivity contribution < 1.29 is 4.52 Å². The molecule has 8 heteroatoms. The second-order valence-electron chi connectivity index (χ2n) is 4.83. The molecule has 0 bridgehead atoms. The highest BCUT2D eigenvalue weighted by Crippen LogP contribution is 2.21. The van der Waals surface area contributed by atoms with Gasteiger partial charge in [0.25, 0.3) is 0 Å². The summed E-state index contributed by atoms with van der Waals surface area (Å²) in [6.45, 7) is 5.05. The molecule has 0 unspecified atom stereocenters. The standard InChI is InChI=1S/C15H21N5OS.HI/c1-10-5-6-12(13(7-10)22-4)8-17-15(16-3)18-9-14-19-11(2)20-21-14;/h5-7H,8-9H2,1-4H3,(H2,16,17,18);1H. The average molecular weight is 447 g/mol. The number of aliphatic imine (C=N–C) groups is 1. The van der Waals surface area contributed by atoms with Crippen molar-refractivity contribution in [2.45, 2.75) is 31.8 Å². The third-order valence-corrected chi connectivity index (χ3v) is 3.91. The van der Waals surface area contributed by atoms with Crippen LogP contribution in [0.15, 0.2) is 32.6 Å². The maximum Gasteiger partial charge on any atom is 0.246 e. The molecule has 0 aliphatic rings. The number of halogens is 1. The summed E-state index contributed by atoms with van der Waals surface area (Å²) in [7, 11) is 1.74. The fraction of sp³-hybridized carbons (Fsp3) is 0.400. The molecule has 2 aromatic rings. The van der Waals surface area contributed by atoms with Crippen LogP contribution in [0.5, 0.6) is 0 Å². The van der Waals surface area contributed by atoms with Gasteiger partial charge in [0.1, 0.15) is 0 Å². The second kappa shape index (κ2) is 9.76. The average Bonchev–Trinajstić information content (AvgIpc) is 2.94. The molecule has 6 nitrogen and oxygen atoms in total. The number of nitrogens with zero attached hydrogens (tertiary/aromatic N) is 3. The SMILES string of the molecule is CN=C(NCc1nc(C)no1)NCc1ccc(C)cc1SC.I. The molecule has 126 valence electrons. The molecule has 1 heterocycles. The van der Waals surface area contributed by atoms with E-state index >= 15 is 0 Å². The molecule has 1 aromatic carbocycles. The molecule has 0 atom stereocenters. The quantitative estimate of drug-likeness (QED) is 0.318. The van der Waals surface area contributed by atoms with Crippen molar-refractivity contribution in [3.63, 3.8) is 0 Å². The number of aryl methyl sites for hydroxylation is 2. The number of aromatic nitrogens is 2. The molecular weight excluding hydrogens is 425 g/mol. The summed E-state index contributed by atoms with van der Waals surface area (Å²) in [4.78, 5) is 9.62. The highest BCUT2D eigenvalue weighted by atomic mass is 127. The van der Waals surface area contributed by atoms with Gasteiger partial charge in [-0.1, -0.05) is 17.3 Å². The van der Waals surface area contributed by atoms with Gasteiger partial charge in [0.15, 0.2) is 11.8 Å². The Hall–Kier alpha value is -1.29. The topological polar surface area (TPSA) is 75.3 Å². The lowest BCUT2D eigenvalue weighted by molar-refractivity contribution is 0.371. The summed E-state index contributed by atoms with van der Waals surface area (Å²) in [5.41, 5.74) is 2.51. The zero-order valence-corrected chi connectivity index (χ0v) is 16.9. The molecular formula is C15H22IN5OS. The first-order valence-corrected chi connectivity index (χ1v) is 8.22. The Labute approximate surface area is 157 Å². The van der Waals surface area contributed by atoms with Crippen molar-refractivity contribution in [2.24, 2.45) is 4.99 Å². The van der Waals surface area contributed by atoms with Crippen molar-refractivity contribution in [3.8, 4) is 0 Å². The van der Waals surface area contributed by atoms with Crippen LogP contribution in [0.3, 0.4) is 0 Å². The summed E-state index contributed by atoms with van der Waals surface area (Å²) >= 11 is 1.75. The Kier molecular flexibility index (Phi) is 8.38. The molecule has 0 spiro atoms. The van der Waals surface area contributed by atoms with Gasteiger partial charge in [-0.05, 0) is 37.3 Å². The zero-order valence-electron chi connectivity index (χ0n) is 13.7. The highest BCUT2D eigenvalue weighted by molar-refractivity contribution is 14.0. The van der Waals surface area contributed by atoms with Gasteiger partial charge in [0, 0.05) is 18.5 Å². The van der Waals surface area contributed by atoms with Crippen LogP contribution >= 0.6 is 35.7 Å². The van der Waals surface area contributed by atoms with Gasteiger partial charge in [-0.3, -0.25) is 4.99 Å². The fourth-order valence-electron chi connectivity index (χ4n) is 1.97. The summed E-state index contributed by atoms with van der Waals surface area (Å²) in [5.74, 6) is 1.87. The smallest absolute Gasteiger partial charge is 0.246 e. The van der Waals surface area contributed by atoms with E-state index in [1.165, 1.54) is 16.0 Å². The molecule has 0 amide bonds. The van der Waals surface area contributed by atoms with Crippen molar-refractivity contribution in [1.82, 2.24) is 20.8 Å². The first-order valence-electron chi connectivity index (χ1n) is 6.99. The van der Waals surface area contributed by atoms with Crippen LogP contribution in [0.2, 0.25) is 0 Å². The first-order chi connectivity index (χ1) is 10.6. The maximum absolute atomic E-state index is 5.06. The van der Waals surface area contributed by atoms with Gasteiger partial charge in [0.05, 0.1) is 6.54 Å². The molecule has 0 radical (unpaired) electrons. The first kappa shape index (κ1) is 19.8. The number of hydrogen-bond acceptors (Lipinski definition) is 5. The number of rotatable bonds is 5. The Morgan fingerprint density at radius 1 is 1.26 bits per heavy atom. The van der Waals surface area contributed by atoms with E-state index in [2.05, 4.69) is 57.1 Å². The van der Waals surface area contributed by atoms with Crippen LogP contribution < -0.4 is 10.6 Å². The molecule has 23 heavy (non-hydrogen) atoms. The van der Waals surface area contributed by atoms with E-state index in [0.29, 0.717) is 30.8 Å². The van der Waals surface area contributed by atoms with Gasteiger partial charge in [-0.2, -0.15) is 4.98 Å². The van der Waals surface area contributed by atoms with Crippen LogP contribution in [0.25, 0.3) is 0 Å². The Morgan fingerprint density at radius 3 is 2.61 bits per heavy atom. The second-order valence-corrected chi connectivity index (χ2v) is 5.68. The normalized spacial score (nSPS) is 11.0. The lowest BCUT2D eigenvalue weighted by atomic mass is 10.1. The van der Waals surface area contributed by atoms with E-state index in [-0.39, 0.29) is 24.0 Å². The lowest BCUT2D eigenvalue weighted by Crippen LogP contribution is -2.36. The Bertz CT molecular complexity index is 659. The molecule has 0 saturated heterocycles. The number of hydrogen-bond donors (Lipinski definition) is 2. The molecule has 0 aliphatic heterocycles.